The number of nitrogens with one attached hydrogen (secondary N) is 2. The van der Waals surface area contributed by atoms with Crippen molar-refractivity contribution in [1.82, 2.24) is 10.6 Å². The van der Waals surface area contributed by atoms with E-state index in [1.807, 2.05) is 13.8 Å². The number of carbonyl (C=O) groups is 1. The predicted octanol–water partition coefficient (Wildman–Crippen LogP) is -1.16. The molecule has 0 bridgehead atoms. The summed E-state index contributed by atoms with van der Waals surface area (Å²) in [7, 11) is 0. The Morgan fingerprint density at radius 2 is 2.27 bits per heavy atom. The maximum absolute atomic E-state index is 11.7. The van der Waals surface area contributed by atoms with Gasteiger partial charge < -0.3 is 20.8 Å². The lowest BCUT2D eigenvalue weighted by molar-refractivity contribution is -0.124. The highest BCUT2D eigenvalue weighted by Gasteiger charge is 2.29. The molecule has 2 unspecified atom stereocenters. The molecule has 1 saturated heterocycles. The van der Waals surface area contributed by atoms with Crippen LogP contribution in [0.15, 0.2) is 0 Å². The van der Waals surface area contributed by atoms with Crippen LogP contribution in [-0.2, 0) is 4.79 Å². The van der Waals surface area contributed by atoms with Gasteiger partial charge in [0.25, 0.3) is 0 Å². The van der Waals surface area contributed by atoms with Crippen LogP contribution >= 0.6 is 0 Å². The van der Waals surface area contributed by atoms with Crippen LogP contribution in [0, 0.1) is 5.92 Å². The van der Waals surface area contributed by atoms with Crippen molar-refractivity contribution in [3.8, 4) is 0 Å². The Bertz CT molecular complexity index is 221. The molecule has 0 aromatic carbocycles. The van der Waals surface area contributed by atoms with Gasteiger partial charge in [-0.15, -0.1) is 0 Å². The van der Waals surface area contributed by atoms with Gasteiger partial charge in [0.05, 0.1) is 24.8 Å². The minimum atomic E-state index is -0.438. The van der Waals surface area contributed by atoms with Gasteiger partial charge in [0.2, 0.25) is 5.91 Å². The Morgan fingerprint density at radius 3 is 2.67 bits per heavy atom. The van der Waals surface area contributed by atoms with E-state index in [0.717, 1.165) is 0 Å². The fourth-order valence-electron chi connectivity index (χ4n) is 1.62. The predicted molar refractivity (Wildman–Crippen MR) is 56.3 cm³/mol. The molecule has 4 N–H and O–H groups in total. The van der Waals surface area contributed by atoms with E-state index in [4.69, 9.17) is 5.11 Å². The minimum absolute atomic E-state index is 0.0569. The molecular weight excluding hydrogens is 196 g/mol. The molecule has 1 aliphatic rings. The summed E-state index contributed by atoms with van der Waals surface area (Å²) in [4.78, 5) is 11.7. The molecule has 1 fully saturated rings. The first kappa shape index (κ1) is 12.4. The molecular formula is C10H20N2O3. The van der Waals surface area contributed by atoms with Crippen LogP contribution in [0.1, 0.15) is 20.3 Å². The van der Waals surface area contributed by atoms with Gasteiger partial charge in [-0.05, 0) is 12.3 Å². The van der Waals surface area contributed by atoms with Gasteiger partial charge in [-0.25, -0.2) is 0 Å². The van der Waals surface area contributed by atoms with Crippen LogP contribution in [0.4, 0.5) is 0 Å². The number of rotatable bonds is 4. The first-order valence-electron chi connectivity index (χ1n) is 5.37. The van der Waals surface area contributed by atoms with E-state index in [1.165, 1.54) is 0 Å². The van der Waals surface area contributed by atoms with Crippen molar-refractivity contribution >= 4 is 5.91 Å². The molecule has 3 atom stereocenters. The van der Waals surface area contributed by atoms with Crippen molar-refractivity contribution in [1.29, 1.82) is 0 Å². The molecule has 88 valence electrons. The van der Waals surface area contributed by atoms with E-state index >= 15 is 0 Å². The second kappa shape index (κ2) is 5.44. The van der Waals surface area contributed by atoms with E-state index in [2.05, 4.69) is 10.6 Å². The van der Waals surface area contributed by atoms with Crippen molar-refractivity contribution < 1.29 is 15.0 Å². The van der Waals surface area contributed by atoms with Gasteiger partial charge in [-0.2, -0.15) is 0 Å². The zero-order chi connectivity index (χ0) is 11.4. The second-order valence-electron chi connectivity index (χ2n) is 4.39. The van der Waals surface area contributed by atoms with E-state index in [-0.39, 0.29) is 30.5 Å². The first-order valence-corrected chi connectivity index (χ1v) is 5.37. The lowest BCUT2D eigenvalue weighted by atomic mass is 10.0. The number of β-amino-alcohol motifs (C(OH)–C–C–N with tert-alkyl or cyclic N) is 1. The molecule has 0 spiro atoms. The largest absolute Gasteiger partial charge is 0.394 e. The molecule has 0 aliphatic carbocycles. The monoisotopic (exact) mass is 216 g/mol. The van der Waals surface area contributed by atoms with Crippen LogP contribution in [-0.4, -0.2) is 47.5 Å². The summed E-state index contributed by atoms with van der Waals surface area (Å²) in [5.74, 6) is 0.0598. The lowest BCUT2D eigenvalue weighted by Crippen LogP contribution is -2.48. The van der Waals surface area contributed by atoms with Gasteiger partial charge in [0.15, 0.2) is 0 Å². The second-order valence-corrected chi connectivity index (χ2v) is 4.39. The molecule has 5 heteroatoms. The molecule has 0 saturated carbocycles. The van der Waals surface area contributed by atoms with Crippen LogP contribution in [0.2, 0.25) is 0 Å². The van der Waals surface area contributed by atoms with Crippen molar-refractivity contribution in [3.63, 3.8) is 0 Å². The SMILES string of the molecule is CC(C)[C@@H](CO)NC(=O)C1CC(O)CN1. The number of hydrogen-bond acceptors (Lipinski definition) is 4. The number of hydrogen-bond donors (Lipinski definition) is 4. The third kappa shape index (κ3) is 3.44. The number of aliphatic hydroxyl groups is 2. The molecule has 1 heterocycles. The fourth-order valence-corrected chi connectivity index (χ4v) is 1.62. The van der Waals surface area contributed by atoms with E-state index in [0.29, 0.717) is 13.0 Å². The highest BCUT2D eigenvalue weighted by Crippen LogP contribution is 2.08. The highest BCUT2D eigenvalue weighted by atomic mass is 16.3. The molecule has 15 heavy (non-hydrogen) atoms. The van der Waals surface area contributed by atoms with Crippen molar-refractivity contribution in [3.05, 3.63) is 0 Å². The Kier molecular flexibility index (Phi) is 4.50. The quantitative estimate of drug-likeness (QED) is 0.478. The van der Waals surface area contributed by atoms with Crippen LogP contribution < -0.4 is 10.6 Å². The Hall–Kier alpha value is -0.650. The topological polar surface area (TPSA) is 81.6 Å². The third-order valence-electron chi connectivity index (χ3n) is 2.75. The molecule has 0 radical (unpaired) electrons. The average Bonchev–Trinajstić information content (AvgIpc) is 2.60. The van der Waals surface area contributed by atoms with Crippen LogP contribution in [0.5, 0.6) is 0 Å². The average molecular weight is 216 g/mol. The normalized spacial score (nSPS) is 28.1. The molecule has 1 amide bonds. The van der Waals surface area contributed by atoms with Gasteiger partial charge in [-0.3, -0.25) is 4.79 Å². The Morgan fingerprint density at radius 1 is 1.60 bits per heavy atom. The Labute approximate surface area is 89.9 Å². The lowest BCUT2D eigenvalue weighted by Gasteiger charge is -2.22. The summed E-state index contributed by atoms with van der Waals surface area (Å²) >= 11 is 0. The standard InChI is InChI=1S/C10H20N2O3/c1-6(2)9(5-13)12-10(15)8-3-7(14)4-11-8/h6-9,11,13-14H,3-5H2,1-2H3,(H,12,15)/t7?,8?,9-/m1/s1. The minimum Gasteiger partial charge on any atom is -0.394 e. The van der Waals surface area contributed by atoms with Crippen molar-refractivity contribution in [2.24, 2.45) is 5.92 Å². The summed E-state index contributed by atoms with van der Waals surface area (Å²) < 4.78 is 0. The summed E-state index contributed by atoms with van der Waals surface area (Å²) in [6, 6.07) is -0.537. The van der Waals surface area contributed by atoms with Crippen molar-refractivity contribution in [2.45, 2.75) is 38.5 Å². The first-order chi connectivity index (χ1) is 7.04. The zero-order valence-electron chi connectivity index (χ0n) is 9.23. The third-order valence-corrected chi connectivity index (χ3v) is 2.75. The van der Waals surface area contributed by atoms with Gasteiger partial charge in [-0.1, -0.05) is 13.8 Å². The zero-order valence-corrected chi connectivity index (χ0v) is 9.23. The Balaban J connectivity index is 2.40. The summed E-state index contributed by atoms with van der Waals surface area (Å²) in [5, 5.41) is 24.0. The van der Waals surface area contributed by atoms with E-state index < -0.39 is 6.10 Å². The van der Waals surface area contributed by atoms with E-state index in [1.54, 1.807) is 0 Å². The fraction of sp³-hybridized carbons (Fsp3) is 0.900. The smallest absolute Gasteiger partial charge is 0.237 e. The number of amides is 1. The number of aliphatic hydroxyl groups excluding tert-OH is 2. The van der Waals surface area contributed by atoms with Crippen LogP contribution in [0.3, 0.4) is 0 Å². The molecule has 5 nitrogen and oxygen atoms in total. The van der Waals surface area contributed by atoms with Gasteiger partial charge in [0, 0.05) is 6.54 Å². The van der Waals surface area contributed by atoms with E-state index in [9.17, 15) is 9.90 Å². The number of carbonyl (C=O) groups excluding carboxylic acids is 1. The molecule has 1 rings (SSSR count). The highest BCUT2D eigenvalue weighted by molar-refractivity contribution is 5.82. The summed E-state index contributed by atoms with van der Waals surface area (Å²) in [6.45, 7) is 4.29. The maximum Gasteiger partial charge on any atom is 0.237 e. The van der Waals surface area contributed by atoms with Crippen molar-refractivity contribution in [2.75, 3.05) is 13.2 Å². The maximum atomic E-state index is 11.7. The van der Waals surface area contributed by atoms with Gasteiger partial charge >= 0.3 is 0 Å². The molecule has 1 aliphatic heterocycles. The van der Waals surface area contributed by atoms with Gasteiger partial charge in [0.1, 0.15) is 0 Å². The van der Waals surface area contributed by atoms with Crippen LogP contribution in [0.25, 0.3) is 0 Å². The molecule has 0 aromatic rings. The molecule has 0 aromatic heterocycles. The summed E-state index contributed by atoms with van der Waals surface area (Å²) in [6.07, 6.45) is 0.00889. The summed E-state index contributed by atoms with van der Waals surface area (Å²) in [5.41, 5.74) is 0.